The Kier molecular flexibility index (Phi) is 5.47. The van der Waals surface area contributed by atoms with E-state index in [0.29, 0.717) is 6.61 Å². The van der Waals surface area contributed by atoms with E-state index in [9.17, 15) is 0 Å². The van der Waals surface area contributed by atoms with Gasteiger partial charge in [0.25, 0.3) is 0 Å². The summed E-state index contributed by atoms with van der Waals surface area (Å²) < 4.78 is 24.6. The normalized spacial score (nSPS) is 34.9. The van der Waals surface area contributed by atoms with E-state index >= 15 is 0 Å². The standard InChI is InChI=1S/C16H21N3O4Se/c1-16(2)21-9-11(23-16)13-14(20-3)12(18-19-17)15(22-13)24-10-7-5-4-6-8-10/h4-8,11-15H,9H2,1-3H3/t11-,12-,13-,14-,15?/m1/s1. The van der Waals surface area contributed by atoms with Gasteiger partial charge < -0.3 is 0 Å². The van der Waals surface area contributed by atoms with Crippen LogP contribution < -0.4 is 4.46 Å². The van der Waals surface area contributed by atoms with Crippen molar-refractivity contribution in [1.82, 2.24) is 0 Å². The van der Waals surface area contributed by atoms with Crippen molar-refractivity contribution in [3.05, 3.63) is 40.8 Å². The van der Waals surface area contributed by atoms with Gasteiger partial charge in [-0.25, -0.2) is 0 Å². The average Bonchev–Trinajstić information content (AvgIpc) is 3.09. The van der Waals surface area contributed by atoms with E-state index < -0.39 is 5.79 Å². The molecular formula is C16H21N3O4Se. The molecule has 1 aromatic carbocycles. The summed E-state index contributed by atoms with van der Waals surface area (Å²) in [4.78, 5) is 3.00. The molecule has 2 aliphatic heterocycles. The van der Waals surface area contributed by atoms with Crippen molar-refractivity contribution >= 4 is 19.4 Å². The van der Waals surface area contributed by atoms with Crippen molar-refractivity contribution in [3.8, 4) is 0 Å². The monoisotopic (exact) mass is 399 g/mol. The molecule has 3 rings (SSSR count). The molecule has 0 amide bonds. The first-order valence-corrected chi connectivity index (χ1v) is 9.64. The molecule has 0 radical (unpaired) electrons. The van der Waals surface area contributed by atoms with Gasteiger partial charge in [0.05, 0.1) is 0 Å². The zero-order chi connectivity index (χ0) is 17.2. The molecule has 0 saturated carbocycles. The Bertz CT molecular complexity index is 609. The molecule has 0 N–H and O–H groups in total. The Hall–Kier alpha value is -1.11. The van der Waals surface area contributed by atoms with Gasteiger partial charge in [0.15, 0.2) is 0 Å². The number of hydrogen-bond donors (Lipinski definition) is 0. The van der Waals surface area contributed by atoms with E-state index in [1.54, 1.807) is 7.11 Å². The first-order valence-electron chi connectivity index (χ1n) is 7.80. The molecule has 0 aromatic heterocycles. The number of hydrogen-bond acceptors (Lipinski definition) is 5. The van der Waals surface area contributed by atoms with E-state index in [-0.39, 0.29) is 44.3 Å². The van der Waals surface area contributed by atoms with E-state index in [1.165, 1.54) is 4.46 Å². The van der Waals surface area contributed by atoms with Crippen molar-refractivity contribution in [1.29, 1.82) is 0 Å². The molecule has 5 atom stereocenters. The first-order chi connectivity index (χ1) is 11.5. The summed E-state index contributed by atoms with van der Waals surface area (Å²) in [5, 5.41) is 3.77. The summed E-state index contributed by atoms with van der Waals surface area (Å²) >= 11 is 0.000621. The van der Waals surface area contributed by atoms with Gasteiger partial charge in [0.1, 0.15) is 0 Å². The number of rotatable bonds is 5. The molecular weight excluding hydrogens is 377 g/mol. The van der Waals surface area contributed by atoms with Crippen LogP contribution in [0.2, 0.25) is 0 Å². The number of ether oxygens (including phenoxy) is 4. The van der Waals surface area contributed by atoms with Gasteiger partial charge in [0, 0.05) is 0 Å². The molecule has 0 aliphatic carbocycles. The fraction of sp³-hybridized carbons (Fsp3) is 0.625. The first kappa shape index (κ1) is 17.7. The van der Waals surface area contributed by atoms with E-state index in [4.69, 9.17) is 24.5 Å². The zero-order valence-corrected chi connectivity index (χ0v) is 15.6. The second kappa shape index (κ2) is 7.42. The number of methoxy groups -OCH3 is 1. The number of nitrogens with zero attached hydrogens (tertiary/aromatic N) is 3. The van der Waals surface area contributed by atoms with Crippen molar-refractivity contribution in [2.75, 3.05) is 13.7 Å². The Labute approximate surface area is 147 Å². The summed E-state index contributed by atoms with van der Waals surface area (Å²) in [5.74, 6) is -0.636. The maximum absolute atomic E-state index is 8.96. The summed E-state index contributed by atoms with van der Waals surface area (Å²) in [5.41, 5.74) is 8.96. The molecule has 7 nitrogen and oxygen atoms in total. The van der Waals surface area contributed by atoms with Crippen molar-refractivity contribution in [3.63, 3.8) is 0 Å². The average molecular weight is 398 g/mol. The second-order valence-electron chi connectivity index (χ2n) is 6.16. The van der Waals surface area contributed by atoms with Crippen molar-refractivity contribution in [2.24, 2.45) is 5.11 Å². The van der Waals surface area contributed by atoms with Crippen LogP contribution in [0.3, 0.4) is 0 Å². The van der Waals surface area contributed by atoms with Crippen LogP contribution in [-0.4, -0.2) is 63.8 Å². The fourth-order valence-corrected chi connectivity index (χ4v) is 5.36. The van der Waals surface area contributed by atoms with Crippen molar-refractivity contribution in [2.45, 2.75) is 49.0 Å². The second-order valence-corrected chi connectivity index (χ2v) is 8.62. The third kappa shape index (κ3) is 3.76. The van der Waals surface area contributed by atoms with Crippen LogP contribution in [0.25, 0.3) is 10.4 Å². The van der Waals surface area contributed by atoms with Gasteiger partial charge in [-0.2, -0.15) is 0 Å². The molecule has 1 aromatic rings. The minimum absolute atomic E-state index is 0.000621. The van der Waals surface area contributed by atoms with E-state index in [2.05, 4.69) is 22.2 Å². The van der Waals surface area contributed by atoms with E-state index in [0.717, 1.165) is 0 Å². The van der Waals surface area contributed by atoms with Crippen LogP contribution in [0.5, 0.6) is 0 Å². The van der Waals surface area contributed by atoms with Gasteiger partial charge in [-0.1, -0.05) is 0 Å². The van der Waals surface area contributed by atoms with Crippen LogP contribution in [0.15, 0.2) is 35.4 Å². The van der Waals surface area contributed by atoms with Gasteiger partial charge in [-0.15, -0.1) is 0 Å². The molecule has 0 bridgehead atoms. The third-order valence-corrected chi connectivity index (χ3v) is 6.53. The molecule has 24 heavy (non-hydrogen) atoms. The summed E-state index contributed by atoms with van der Waals surface area (Å²) in [6.07, 6.45) is -0.903. The van der Waals surface area contributed by atoms with Crippen LogP contribution in [0.1, 0.15) is 13.8 Å². The van der Waals surface area contributed by atoms with Crippen LogP contribution in [-0.2, 0) is 18.9 Å². The zero-order valence-electron chi connectivity index (χ0n) is 13.9. The SMILES string of the molecule is CO[C@H]1[C@@H]([C@H]2COC(C)(C)O2)OC([Se]c2ccccc2)[C@@H]1N=[N+]=[N-]. The Morgan fingerprint density at radius 2 is 2.08 bits per heavy atom. The maximum atomic E-state index is 8.96. The van der Waals surface area contributed by atoms with Gasteiger partial charge in [-0.3, -0.25) is 0 Å². The van der Waals surface area contributed by atoms with Gasteiger partial charge >= 0.3 is 147 Å². The van der Waals surface area contributed by atoms with Crippen LogP contribution in [0, 0.1) is 0 Å². The molecule has 2 heterocycles. The Morgan fingerprint density at radius 1 is 1.33 bits per heavy atom. The number of azide groups is 1. The predicted octanol–water partition coefficient (Wildman–Crippen LogP) is 1.59. The van der Waals surface area contributed by atoms with E-state index in [1.807, 2.05) is 32.0 Å². The molecule has 2 aliphatic rings. The molecule has 2 fully saturated rings. The molecule has 2 saturated heterocycles. The minimum atomic E-state index is -0.636. The Balaban J connectivity index is 1.80. The molecule has 8 heteroatoms. The molecule has 0 spiro atoms. The van der Waals surface area contributed by atoms with Gasteiger partial charge in [0.2, 0.25) is 0 Å². The van der Waals surface area contributed by atoms with Crippen molar-refractivity contribution < 1.29 is 18.9 Å². The summed E-state index contributed by atoms with van der Waals surface area (Å²) in [7, 11) is 1.61. The van der Waals surface area contributed by atoms with Crippen LogP contribution >= 0.6 is 0 Å². The summed E-state index contributed by atoms with van der Waals surface area (Å²) in [6, 6.07) is 9.71. The number of benzene rings is 1. The van der Waals surface area contributed by atoms with Gasteiger partial charge in [-0.05, 0) is 0 Å². The van der Waals surface area contributed by atoms with Crippen LogP contribution in [0.4, 0.5) is 0 Å². The Morgan fingerprint density at radius 3 is 2.67 bits per heavy atom. The fourth-order valence-electron chi connectivity index (χ4n) is 3.02. The quantitative estimate of drug-likeness (QED) is 0.326. The summed E-state index contributed by atoms with van der Waals surface area (Å²) in [6.45, 7) is 4.19. The topological polar surface area (TPSA) is 85.7 Å². The molecule has 1 unspecified atom stereocenters. The predicted molar refractivity (Wildman–Crippen MR) is 89.1 cm³/mol. The molecule has 130 valence electrons. The third-order valence-electron chi connectivity index (χ3n) is 4.08.